The van der Waals surface area contributed by atoms with Crippen molar-refractivity contribution in [1.29, 1.82) is 0 Å². The summed E-state index contributed by atoms with van der Waals surface area (Å²) in [6.07, 6.45) is 5.44. The van der Waals surface area contributed by atoms with Crippen LogP contribution >= 0.6 is 24.8 Å². The van der Waals surface area contributed by atoms with E-state index in [2.05, 4.69) is 17.1 Å². The fourth-order valence-electron chi connectivity index (χ4n) is 2.88. The second-order valence-electron chi connectivity index (χ2n) is 6.00. The van der Waals surface area contributed by atoms with Crippen LogP contribution in [0.1, 0.15) is 38.2 Å². The lowest BCUT2D eigenvalue weighted by Crippen LogP contribution is -2.39. The van der Waals surface area contributed by atoms with E-state index in [1.807, 2.05) is 24.3 Å². The molecular formula is C17H29Cl2N3O. The highest BCUT2D eigenvalue weighted by atomic mass is 35.5. The predicted octanol–water partition coefficient (Wildman–Crippen LogP) is 3.04. The molecule has 1 aromatic rings. The van der Waals surface area contributed by atoms with Gasteiger partial charge in [-0.05, 0) is 50.4 Å². The number of carbonyl (C=O) groups excluding carboxylic acids is 1. The highest BCUT2D eigenvalue weighted by Gasteiger charge is 2.17. The van der Waals surface area contributed by atoms with E-state index in [0.717, 1.165) is 30.8 Å². The van der Waals surface area contributed by atoms with E-state index in [1.54, 1.807) is 0 Å². The third-order valence-corrected chi connectivity index (χ3v) is 4.23. The zero-order valence-corrected chi connectivity index (χ0v) is 15.4. The normalized spacial score (nSPS) is 17.7. The van der Waals surface area contributed by atoms with Gasteiger partial charge in [-0.25, -0.2) is 0 Å². The zero-order valence-electron chi connectivity index (χ0n) is 13.8. The average molecular weight is 362 g/mol. The fraction of sp³-hybridized carbons (Fsp3) is 0.588. The van der Waals surface area contributed by atoms with Gasteiger partial charge < -0.3 is 16.0 Å². The van der Waals surface area contributed by atoms with E-state index in [0.29, 0.717) is 12.5 Å². The van der Waals surface area contributed by atoms with Gasteiger partial charge >= 0.3 is 0 Å². The summed E-state index contributed by atoms with van der Waals surface area (Å²) in [5.41, 5.74) is 7.37. The molecular weight excluding hydrogens is 333 g/mol. The van der Waals surface area contributed by atoms with Crippen LogP contribution in [-0.2, 0) is 11.2 Å². The number of anilines is 1. The number of hydrogen-bond acceptors (Lipinski definition) is 3. The first-order chi connectivity index (χ1) is 10.1. The van der Waals surface area contributed by atoms with Crippen LogP contribution in [0, 0.1) is 0 Å². The quantitative estimate of drug-likeness (QED) is 0.604. The van der Waals surface area contributed by atoms with Crippen LogP contribution in [0.4, 0.5) is 5.69 Å². The molecule has 1 amide bonds. The van der Waals surface area contributed by atoms with Gasteiger partial charge in [0, 0.05) is 24.8 Å². The highest BCUT2D eigenvalue weighted by Crippen LogP contribution is 2.16. The molecule has 3 N–H and O–H groups in total. The van der Waals surface area contributed by atoms with Gasteiger partial charge in [0.1, 0.15) is 0 Å². The van der Waals surface area contributed by atoms with Crippen molar-refractivity contribution in [3.63, 3.8) is 0 Å². The van der Waals surface area contributed by atoms with Crippen LogP contribution in [-0.4, -0.2) is 36.5 Å². The van der Waals surface area contributed by atoms with Gasteiger partial charge in [0.25, 0.3) is 0 Å². The Hall–Kier alpha value is -0.970. The van der Waals surface area contributed by atoms with Crippen molar-refractivity contribution >= 4 is 36.4 Å². The lowest BCUT2D eigenvalue weighted by molar-refractivity contribution is -0.120. The largest absolute Gasteiger partial charge is 0.399 e. The molecule has 0 saturated carbocycles. The van der Waals surface area contributed by atoms with E-state index < -0.39 is 0 Å². The summed E-state index contributed by atoms with van der Waals surface area (Å²) in [4.78, 5) is 14.4. The van der Waals surface area contributed by atoms with Crippen LogP contribution in [0.25, 0.3) is 0 Å². The lowest BCUT2D eigenvalue weighted by Gasteiger charge is -2.33. The molecule has 0 aromatic heterocycles. The minimum atomic E-state index is 0. The third-order valence-electron chi connectivity index (χ3n) is 4.23. The Balaban J connectivity index is 0.00000242. The summed E-state index contributed by atoms with van der Waals surface area (Å²) >= 11 is 0. The van der Waals surface area contributed by atoms with Gasteiger partial charge in [-0.2, -0.15) is 0 Å². The van der Waals surface area contributed by atoms with Gasteiger partial charge in [-0.3, -0.25) is 4.79 Å². The Morgan fingerprint density at radius 1 is 1.26 bits per heavy atom. The monoisotopic (exact) mass is 361 g/mol. The summed E-state index contributed by atoms with van der Waals surface area (Å²) in [6, 6.07) is 8.18. The fourth-order valence-corrected chi connectivity index (χ4v) is 2.88. The first-order valence-electron chi connectivity index (χ1n) is 8.00. The van der Waals surface area contributed by atoms with Crippen molar-refractivity contribution in [2.75, 3.05) is 25.4 Å². The number of benzene rings is 1. The molecule has 2 rings (SSSR count). The maximum absolute atomic E-state index is 11.9. The topological polar surface area (TPSA) is 58.4 Å². The van der Waals surface area contributed by atoms with E-state index >= 15 is 0 Å². The van der Waals surface area contributed by atoms with Gasteiger partial charge in [0.15, 0.2) is 0 Å². The SMILES string of the molecule is CC1CCCCN1CCCNC(=O)Cc1ccc(N)cc1.Cl.Cl. The van der Waals surface area contributed by atoms with Crippen LogP contribution in [0.5, 0.6) is 0 Å². The van der Waals surface area contributed by atoms with Crippen LogP contribution < -0.4 is 11.1 Å². The summed E-state index contributed by atoms with van der Waals surface area (Å²) in [5, 5.41) is 3.00. The second-order valence-corrected chi connectivity index (χ2v) is 6.00. The van der Waals surface area contributed by atoms with Crippen molar-refractivity contribution in [1.82, 2.24) is 10.2 Å². The van der Waals surface area contributed by atoms with E-state index in [9.17, 15) is 4.79 Å². The number of nitrogens with two attached hydrogens (primary N) is 1. The zero-order chi connectivity index (χ0) is 15.1. The van der Waals surface area contributed by atoms with Crippen molar-refractivity contribution < 1.29 is 4.79 Å². The smallest absolute Gasteiger partial charge is 0.224 e. The summed E-state index contributed by atoms with van der Waals surface area (Å²) < 4.78 is 0. The molecule has 0 aliphatic carbocycles. The minimum Gasteiger partial charge on any atom is -0.399 e. The maximum atomic E-state index is 11.9. The molecule has 1 aliphatic rings. The number of carbonyl (C=O) groups is 1. The number of rotatable bonds is 6. The minimum absolute atomic E-state index is 0. The summed E-state index contributed by atoms with van der Waals surface area (Å²) in [6.45, 7) is 5.36. The predicted molar refractivity (Wildman–Crippen MR) is 102 cm³/mol. The number of nitrogens with zero attached hydrogens (tertiary/aromatic N) is 1. The molecule has 23 heavy (non-hydrogen) atoms. The molecule has 6 heteroatoms. The molecule has 132 valence electrons. The van der Waals surface area contributed by atoms with E-state index in [4.69, 9.17) is 5.73 Å². The molecule has 1 unspecified atom stereocenters. The molecule has 1 atom stereocenters. The number of halogens is 2. The molecule has 1 aromatic carbocycles. The first kappa shape index (κ1) is 22.0. The van der Waals surface area contributed by atoms with Crippen LogP contribution in [0.15, 0.2) is 24.3 Å². The Bertz CT molecular complexity index is 454. The third kappa shape index (κ3) is 7.91. The number of nitrogens with one attached hydrogen (secondary N) is 1. The number of nitrogen functional groups attached to an aromatic ring is 1. The number of piperidine rings is 1. The Morgan fingerprint density at radius 2 is 1.96 bits per heavy atom. The Kier molecular flexibility index (Phi) is 11.1. The van der Waals surface area contributed by atoms with Crippen molar-refractivity contribution in [3.8, 4) is 0 Å². The molecule has 1 fully saturated rings. The number of hydrogen-bond donors (Lipinski definition) is 2. The molecule has 0 spiro atoms. The highest BCUT2D eigenvalue weighted by molar-refractivity contribution is 5.85. The lowest BCUT2D eigenvalue weighted by atomic mass is 10.0. The summed E-state index contributed by atoms with van der Waals surface area (Å²) in [5.74, 6) is 0.0893. The van der Waals surface area contributed by atoms with Crippen molar-refractivity contribution in [2.45, 2.75) is 45.1 Å². The number of amides is 1. The maximum Gasteiger partial charge on any atom is 0.224 e. The standard InChI is InChI=1S/C17H27N3O.2ClH/c1-14-5-2-3-11-20(14)12-4-10-19-17(21)13-15-6-8-16(18)9-7-15;;/h6-9,14H,2-5,10-13,18H2,1H3,(H,19,21);2*1H. The van der Waals surface area contributed by atoms with Crippen LogP contribution in [0.3, 0.4) is 0 Å². The van der Waals surface area contributed by atoms with E-state index in [-0.39, 0.29) is 30.7 Å². The molecule has 1 heterocycles. The van der Waals surface area contributed by atoms with Crippen molar-refractivity contribution in [2.24, 2.45) is 0 Å². The molecule has 4 nitrogen and oxygen atoms in total. The van der Waals surface area contributed by atoms with Gasteiger partial charge in [0.05, 0.1) is 6.42 Å². The first-order valence-corrected chi connectivity index (χ1v) is 8.00. The van der Waals surface area contributed by atoms with E-state index in [1.165, 1.54) is 25.8 Å². The Labute approximate surface area is 152 Å². The number of likely N-dealkylation sites (tertiary alicyclic amines) is 1. The average Bonchev–Trinajstić information content (AvgIpc) is 2.48. The van der Waals surface area contributed by atoms with Gasteiger partial charge in [0.2, 0.25) is 5.91 Å². The van der Waals surface area contributed by atoms with Crippen LogP contribution in [0.2, 0.25) is 0 Å². The molecule has 0 radical (unpaired) electrons. The Morgan fingerprint density at radius 3 is 2.61 bits per heavy atom. The summed E-state index contributed by atoms with van der Waals surface area (Å²) in [7, 11) is 0. The molecule has 1 aliphatic heterocycles. The van der Waals surface area contributed by atoms with Gasteiger partial charge in [-0.1, -0.05) is 18.6 Å². The van der Waals surface area contributed by atoms with Crippen molar-refractivity contribution in [3.05, 3.63) is 29.8 Å². The van der Waals surface area contributed by atoms with Gasteiger partial charge in [-0.15, -0.1) is 24.8 Å². The molecule has 0 bridgehead atoms. The second kappa shape index (κ2) is 11.5. The molecule has 1 saturated heterocycles.